The predicted molar refractivity (Wildman–Crippen MR) is 103 cm³/mol. The lowest BCUT2D eigenvalue weighted by molar-refractivity contribution is -0.137. The van der Waals surface area contributed by atoms with Crippen molar-refractivity contribution in [1.29, 1.82) is 0 Å². The summed E-state index contributed by atoms with van der Waals surface area (Å²) in [6, 6.07) is 5.21. The lowest BCUT2D eigenvalue weighted by Gasteiger charge is -2.39. The summed E-state index contributed by atoms with van der Waals surface area (Å²) in [5, 5.41) is 0. The molecule has 1 heterocycles. The quantitative estimate of drug-likeness (QED) is 0.430. The molecule has 1 aliphatic heterocycles. The number of nitrogens with zero attached hydrogens (tertiary/aromatic N) is 1. The molecule has 160 valence electrons. The minimum absolute atomic E-state index is 0.00373. The Morgan fingerprint density at radius 1 is 1.20 bits per heavy atom. The number of hydrogen-bond donors (Lipinski definition) is 1. The Labute approximate surface area is 170 Å². The molecule has 0 spiro atoms. The number of rotatable bonds is 3. The Bertz CT molecular complexity index is 1030. The van der Waals surface area contributed by atoms with E-state index in [0.29, 0.717) is 5.56 Å². The van der Waals surface area contributed by atoms with Gasteiger partial charge in [-0.1, -0.05) is 13.8 Å². The number of carbonyl (C=O) groups excluding carboxylic acids is 2. The van der Waals surface area contributed by atoms with Crippen LogP contribution < -0.4 is 10.6 Å². The van der Waals surface area contributed by atoms with Crippen LogP contribution >= 0.6 is 0 Å². The monoisotopic (exact) mass is 424 g/mol. The fourth-order valence-electron chi connectivity index (χ4n) is 3.58. The highest BCUT2D eigenvalue weighted by Crippen LogP contribution is 2.48. The highest BCUT2D eigenvalue weighted by molar-refractivity contribution is 6.06. The van der Waals surface area contributed by atoms with Gasteiger partial charge in [0.25, 0.3) is 0 Å². The Kier molecular flexibility index (Phi) is 5.26. The number of carbonyl (C=O) groups is 2. The van der Waals surface area contributed by atoms with Crippen molar-refractivity contribution in [3.63, 3.8) is 0 Å². The van der Waals surface area contributed by atoms with E-state index in [-0.39, 0.29) is 24.4 Å². The summed E-state index contributed by atoms with van der Waals surface area (Å²) in [7, 11) is 0. The molecule has 0 saturated heterocycles. The molecule has 0 fully saturated rings. The van der Waals surface area contributed by atoms with Crippen LogP contribution in [-0.4, -0.2) is 18.5 Å². The SMILES string of the molecule is CCOC(=O)c1cc2c(cc1F)C(C)(C)CC(=O)N2c1ccc(N)cc1C(F)(F)F. The van der Waals surface area contributed by atoms with Gasteiger partial charge in [0.15, 0.2) is 0 Å². The minimum Gasteiger partial charge on any atom is -0.462 e. The van der Waals surface area contributed by atoms with E-state index in [1.165, 1.54) is 13.0 Å². The van der Waals surface area contributed by atoms with E-state index in [4.69, 9.17) is 10.5 Å². The second kappa shape index (κ2) is 7.30. The van der Waals surface area contributed by atoms with Crippen LogP contribution in [-0.2, 0) is 21.1 Å². The predicted octanol–water partition coefficient (Wildman–Crippen LogP) is 4.95. The van der Waals surface area contributed by atoms with Crippen molar-refractivity contribution < 1.29 is 31.9 Å². The second-order valence-electron chi connectivity index (χ2n) is 7.63. The van der Waals surface area contributed by atoms with Crippen molar-refractivity contribution in [3.05, 3.63) is 52.8 Å². The number of anilines is 3. The number of halogens is 4. The largest absolute Gasteiger partial charge is 0.462 e. The molecule has 0 atom stereocenters. The first-order valence-corrected chi connectivity index (χ1v) is 9.17. The average Bonchev–Trinajstić information content (AvgIpc) is 2.62. The first kappa shape index (κ1) is 21.6. The summed E-state index contributed by atoms with van der Waals surface area (Å²) in [4.78, 5) is 26.0. The van der Waals surface area contributed by atoms with Crippen LogP contribution in [0.25, 0.3) is 0 Å². The molecule has 30 heavy (non-hydrogen) atoms. The van der Waals surface area contributed by atoms with Crippen molar-refractivity contribution in [2.75, 3.05) is 17.2 Å². The molecule has 2 aromatic rings. The van der Waals surface area contributed by atoms with Gasteiger partial charge in [0.1, 0.15) is 5.82 Å². The maximum absolute atomic E-state index is 14.6. The van der Waals surface area contributed by atoms with E-state index in [9.17, 15) is 27.2 Å². The van der Waals surface area contributed by atoms with E-state index in [0.717, 1.165) is 29.2 Å². The lowest BCUT2D eigenvalue weighted by Crippen LogP contribution is -2.40. The fourth-order valence-corrected chi connectivity index (χ4v) is 3.58. The van der Waals surface area contributed by atoms with Crippen molar-refractivity contribution in [2.24, 2.45) is 0 Å². The van der Waals surface area contributed by atoms with E-state index in [1.807, 2.05) is 0 Å². The van der Waals surface area contributed by atoms with E-state index in [1.54, 1.807) is 13.8 Å². The molecular weight excluding hydrogens is 404 g/mol. The van der Waals surface area contributed by atoms with Crippen LogP contribution in [0.3, 0.4) is 0 Å². The van der Waals surface area contributed by atoms with Gasteiger partial charge >= 0.3 is 12.1 Å². The zero-order valence-electron chi connectivity index (χ0n) is 16.6. The third-order valence-electron chi connectivity index (χ3n) is 4.96. The second-order valence-corrected chi connectivity index (χ2v) is 7.63. The molecular formula is C21H20F4N2O3. The van der Waals surface area contributed by atoms with Crippen molar-refractivity contribution in [3.8, 4) is 0 Å². The number of nitrogen functional groups attached to an aromatic ring is 1. The van der Waals surface area contributed by atoms with Gasteiger partial charge in [-0.3, -0.25) is 9.69 Å². The van der Waals surface area contributed by atoms with Crippen molar-refractivity contribution in [2.45, 2.75) is 38.8 Å². The highest BCUT2D eigenvalue weighted by Gasteiger charge is 2.42. The van der Waals surface area contributed by atoms with E-state index in [2.05, 4.69) is 0 Å². The Morgan fingerprint density at radius 3 is 2.47 bits per heavy atom. The number of hydrogen-bond acceptors (Lipinski definition) is 4. The molecule has 2 N–H and O–H groups in total. The Morgan fingerprint density at radius 2 is 1.87 bits per heavy atom. The van der Waals surface area contributed by atoms with Gasteiger partial charge < -0.3 is 10.5 Å². The molecule has 3 rings (SSSR count). The molecule has 1 amide bonds. The standard InChI is InChI=1S/C21H20F4N2O3/c1-4-30-19(29)12-8-17-13(9-15(12)22)20(2,3)10-18(28)27(17)16-6-5-11(26)7-14(16)21(23,24)25/h5-9H,4,10,26H2,1-3H3. The molecule has 0 aromatic heterocycles. The average molecular weight is 424 g/mol. The lowest BCUT2D eigenvalue weighted by atomic mass is 9.76. The zero-order chi connectivity index (χ0) is 22.4. The first-order valence-electron chi connectivity index (χ1n) is 9.17. The molecule has 0 radical (unpaired) electrons. The van der Waals surface area contributed by atoms with E-state index >= 15 is 0 Å². The number of amides is 1. The van der Waals surface area contributed by atoms with Gasteiger partial charge in [-0.25, -0.2) is 9.18 Å². The number of esters is 1. The number of fused-ring (bicyclic) bond motifs is 1. The summed E-state index contributed by atoms with van der Waals surface area (Å²) in [6.07, 6.45) is -4.94. The summed E-state index contributed by atoms with van der Waals surface area (Å²) in [5.41, 5.74) is 2.83. The van der Waals surface area contributed by atoms with Crippen LogP contribution in [0.1, 0.15) is 48.7 Å². The molecule has 1 aliphatic rings. The zero-order valence-corrected chi connectivity index (χ0v) is 16.6. The third-order valence-corrected chi connectivity index (χ3v) is 4.96. The topological polar surface area (TPSA) is 72.6 Å². The van der Waals surface area contributed by atoms with Crippen LogP contribution in [0.5, 0.6) is 0 Å². The van der Waals surface area contributed by atoms with Crippen molar-refractivity contribution >= 4 is 28.9 Å². The van der Waals surface area contributed by atoms with Gasteiger partial charge in [-0.15, -0.1) is 0 Å². The number of alkyl halides is 3. The highest BCUT2D eigenvalue weighted by atomic mass is 19.4. The van der Waals surface area contributed by atoms with Crippen molar-refractivity contribution in [1.82, 2.24) is 0 Å². The Balaban J connectivity index is 2.31. The van der Waals surface area contributed by atoms with Gasteiger partial charge in [0.05, 0.1) is 29.1 Å². The maximum atomic E-state index is 14.6. The first-order chi connectivity index (χ1) is 13.9. The minimum atomic E-state index is -4.79. The van der Waals surface area contributed by atoms with Crippen LogP contribution in [0.4, 0.5) is 34.6 Å². The van der Waals surface area contributed by atoms with Gasteiger partial charge in [-0.2, -0.15) is 13.2 Å². The summed E-state index contributed by atoms with van der Waals surface area (Å²) < 4.78 is 60.5. The van der Waals surface area contributed by atoms with Gasteiger partial charge in [-0.05, 0) is 42.8 Å². The number of nitrogens with two attached hydrogens (primary N) is 1. The molecule has 9 heteroatoms. The summed E-state index contributed by atoms with van der Waals surface area (Å²) in [6.45, 7) is 4.88. The normalized spacial score (nSPS) is 15.7. The number of benzene rings is 2. The molecule has 0 aliphatic carbocycles. The fraction of sp³-hybridized carbons (Fsp3) is 0.333. The molecule has 0 unspecified atom stereocenters. The number of ether oxygens (including phenoxy) is 1. The molecule has 2 aromatic carbocycles. The van der Waals surface area contributed by atoms with Crippen LogP contribution in [0.2, 0.25) is 0 Å². The molecule has 0 saturated carbocycles. The maximum Gasteiger partial charge on any atom is 0.418 e. The van der Waals surface area contributed by atoms with Gasteiger partial charge in [0.2, 0.25) is 5.91 Å². The van der Waals surface area contributed by atoms with E-state index < -0.39 is 46.1 Å². The molecule has 0 bridgehead atoms. The van der Waals surface area contributed by atoms with Crippen LogP contribution in [0, 0.1) is 5.82 Å². The Hall–Kier alpha value is -3.10. The molecule has 5 nitrogen and oxygen atoms in total. The van der Waals surface area contributed by atoms with Crippen LogP contribution in [0.15, 0.2) is 30.3 Å². The summed E-state index contributed by atoms with van der Waals surface area (Å²) in [5.74, 6) is -2.46. The smallest absolute Gasteiger partial charge is 0.418 e. The summed E-state index contributed by atoms with van der Waals surface area (Å²) >= 11 is 0. The van der Waals surface area contributed by atoms with Gasteiger partial charge in [0, 0.05) is 17.5 Å². The third kappa shape index (κ3) is 3.71.